The molecule has 0 aliphatic rings. The number of aromatic nitrogens is 1. The first kappa shape index (κ1) is 13.5. The normalized spacial score (nSPS) is 12.5. The monoisotopic (exact) mass is 258 g/mol. The van der Waals surface area contributed by atoms with Gasteiger partial charge in [0, 0.05) is 11.9 Å². The van der Waals surface area contributed by atoms with Gasteiger partial charge in [-0.3, -0.25) is 4.98 Å². The Balaban J connectivity index is 2.08. The van der Waals surface area contributed by atoms with E-state index in [1.54, 1.807) is 6.20 Å². The lowest BCUT2D eigenvalue weighted by Crippen LogP contribution is -2.07. The standard InChI is InChI=1S/C16H19FN2/c1-11(2)13-4-6-16(7-5-13)19-12(3)14-8-15(17)10-18-9-14/h4-12,19H,1-3H3. The molecule has 0 aliphatic carbocycles. The van der Waals surface area contributed by atoms with E-state index in [1.807, 2.05) is 6.92 Å². The number of nitrogens with zero attached hydrogens (tertiary/aromatic N) is 1. The van der Waals surface area contributed by atoms with Crippen molar-refractivity contribution in [3.05, 3.63) is 59.7 Å². The molecule has 0 saturated heterocycles. The van der Waals surface area contributed by atoms with E-state index in [0.29, 0.717) is 5.92 Å². The molecule has 0 bridgehead atoms. The van der Waals surface area contributed by atoms with Crippen LogP contribution in [0.1, 0.15) is 43.9 Å². The van der Waals surface area contributed by atoms with Crippen molar-refractivity contribution in [2.75, 3.05) is 5.32 Å². The first-order chi connectivity index (χ1) is 9.06. The van der Waals surface area contributed by atoms with Crippen molar-refractivity contribution in [2.24, 2.45) is 0 Å². The third kappa shape index (κ3) is 3.53. The summed E-state index contributed by atoms with van der Waals surface area (Å²) in [6.07, 6.45) is 2.90. The fourth-order valence-corrected chi connectivity index (χ4v) is 1.96. The number of nitrogens with one attached hydrogen (secondary N) is 1. The molecule has 1 aromatic carbocycles. The van der Waals surface area contributed by atoms with Gasteiger partial charge in [-0.1, -0.05) is 26.0 Å². The number of anilines is 1. The molecule has 2 aromatic rings. The molecule has 1 N–H and O–H groups in total. The molecule has 3 heteroatoms. The average Bonchev–Trinajstić information content (AvgIpc) is 2.39. The molecule has 0 aliphatic heterocycles. The zero-order chi connectivity index (χ0) is 13.8. The third-order valence-corrected chi connectivity index (χ3v) is 3.19. The van der Waals surface area contributed by atoms with Gasteiger partial charge in [-0.2, -0.15) is 0 Å². The highest BCUT2D eigenvalue weighted by atomic mass is 19.1. The minimum atomic E-state index is -0.304. The summed E-state index contributed by atoms with van der Waals surface area (Å²) in [7, 11) is 0. The van der Waals surface area contributed by atoms with E-state index in [4.69, 9.17) is 0 Å². The molecular formula is C16H19FN2. The Hall–Kier alpha value is -1.90. The van der Waals surface area contributed by atoms with Crippen LogP contribution in [0.5, 0.6) is 0 Å². The number of pyridine rings is 1. The smallest absolute Gasteiger partial charge is 0.141 e. The number of halogens is 1. The van der Waals surface area contributed by atoms with E-state index in [2.05, 4.69) is 48.4 Å². The minimum Gasteiger partial charge on any atom is -0.378 e. The summed E-state index contributed by atoms with van der Waals surface area (Å²) in [6.45, 7) is 6.33. The Bertz CT molecular complexity index is 535. The van der Waals surface area contributed by atoms with Crippen LogP contribution in [0.3, 0.4) is 0 Å². The van der Waals surface area contributed by atoms with E-state index in [9.17, 15) is 4.39 Å². The van der Waals surface area contributed by atoms with Gasteiger partial charge < -0.3 is 5.32 Å². The van der Waals surface area contributed by atoms with Crippen LogP contribution in [0.25, 0.3) is 0 Å². The number of hydrogen-bond acceptors (Lipinski definition) is 2. The molecule has 2 nitrogen and oxygen atoms in total. The van der Waals surface area contributed by atoms with Gasteiger partial charge in [0.15, 0.2) is 0 Å². The van der Waals surface area contributed by atoms with Crippen molar-refractivity contribution >= 4 is 5.69 Å². The highest BCUT2D eigenvalue weighted by Crippen LogP contribution is 2.21. The summed E-state index contributed by atoms with van der Waals surface area (Å²) in [6, 6.07) is 9.87. The van der Waals surface area contributed by atoms with Crippen LogP contribution >= 0.6 is 0 Å². The second-order valence-electron chi connectivity index (χ2n) is 5.08. The van der Waals surface area contributed by atoms with Crippen molar-refractivity contribution < 1.29 is 4.39 Å². The number of benzene rings is 1. The lowest BCUT2D eigenvalue weighted by molar-refractivity contribution is 0.616. The molecule has 0 amide bonds. The molecule has 100 valence electrons. The molecule has 1 heterocycles. The van der Waals surface area contributed by atoms with Crippen LogP contribution in [0.15, 0.2) is 42.7 Å². The number of hydrogen-bond donors (Lipinski definition) is 1. The van der Waals surface area contributed by atoms with E-state index >= 15 is 0 Å². The summed E-state index contributed by atoms with van der Waals surface area (Å²) in [5, 5.41) is 3.34. The van der Waals surface area contributed by atoms with Gasteiger partial charge in [0.25, 0.3) is 0 Å². The van der Waals surface area contributed by atoms with E-state index in [-0.39, 0.29) is 11.9 Å². The van der Waals surface area contributed by atoms with Crippen molar-refractivity contribution in [3.63, 3.8) is 0 Å². The predicted molar refractivity (Wildman–Crippen MR) is 76.8 cm³/mol. The van der Waals surface area contributed by atoms with E-state index in [0.717, 1.165) is 11.3 Å². The van der Waals surface area contributed by atoms with Gasteiger partial charge in [0.05, 0.1) is 12.2 Å². The first-order valence-corrected chi connectivity index (χ1v) is 6.53. The molecule has 0 saturated carbocycles. The van der Waals surface area contributed by atoms with Crippen molar-refractivity contribution in [3.8, 4) is 0 Å². The van der Waals surface area contributed by atoms with Gasteiger partial charge in [-0.05, 0) is 42.2 Å². The molecule has 1 aromatic heterocycles. The maximum Gasteiger partial charge on any atom is 0.141 e. The molecule has 0 fully saturated rings. The summed E-state index contributed by atoms with van der Waals surface area (Å²) in [5.41, 5.74) is 3.18. The molecular weight excluding hydrogens is 239 g/mol. The van der Waals surface area contributed by atoms with Crippen LogP contribution in [-0.2, 0) is 0 Å². The Labute approximate surface area is 113 Å². The second-order valence-corrected chi connectivity index (χ2v) is 5.08. The zero-order valence-corrected chi connectivity index (χ0v) is 11.5. The summed E-state index contributed by atoms with van der Waals surface area (Å²) in [5.74, 6) is 0.222. The highest BCUT2D eigenvalue weighted by molar-refractivity contribution is 5.47. The highest BCUT2D eigenvalue weighted by Gasteiger charge is 2.07. The topological polar surface area (TPSA) is 24.9 Å². The molecule has 19 heavy (non-hydrogen) atoms. The first-order valence-electron chi connectivity index (χ1n) is 6.53. The van der Waals surface area contributed by atoms with Gasteiger partial charge >= 0.3 is 0 Å². The van der Waals surface area contributed by atoms with Crippen molar-refractivity contribution in [1.29, 1.82) is 0 Å². The minimum absolute atomic E-state index is 0.0214. The number of rotatable bonds is 4. The zero-order valence-electron chi connectivity index (χ0n) is 11.5. The lowest BCUT2D eigenvalue weighted by atomic mass is 10.0. The fraction of sp³-hybridized carbons (Fsp3) is 0.312. The predicted octanol–water partition coefficient (Wildman–Crippen LogP) is 4.52. The second kappa shape index (κ2) is 5.83. The quantitative estimate of drug-likeness (QED) is 0.872. The molecule has 1 unspecified atom stereocenters. The SMILES string of the molecule is CC(C)c1ccc(NC(C)c2cncc(F)c2)cc1. The third-order valence-electron chi connectivity index (χ3n) is 3.19. The fourth-order valence-electron chi connectivity index (χ4n) is 1.96. The van der Waals surface area contributed by atoms with Gasteiger partial charge in [-0.15, -0.1) is 0 Å². The van der Waals surface area contributed by atoms with E-state index in [1.165, 1.54) is 17.8 Å². The molecule has 0 spiro atoms. The van der Waals surface area contributed by atoms with Crippen LogP contribution in [-0.4, -0.2) is 4.98 Å². The summed E-state index contributed by atoms with van der Waals surface area (Å²) in [4.78, 5) is 3.87. The summed E-state index contributed by atoms with van der Waals surface area (Å²) >= 11 is 0. The Morgan fingerprint density at radius 3 is 2.26 bits per heavy atom. The van der Waals surface area contributed by atoms with Crippen LogP contribution in [0.4, 0.5) is 10.1 Å². The van der Waals surface area contributed by atoms with Gasteiger partial charge in [-0.25, -0.2) is 4.39 Å². The maximum absolute atomic E-state index is 13.1. The van der Waals surface area contributed by atoms with Crippen molar-refractivity contribution in [2.45, 2.75) is 32.7 Å². The van der Waals surface area contributed by atoms with Gasteiger partial charge in [0.1, 0.15) is 5.82 Å². The van der Waals surface area contributed by atoms with Crippen LogP contribution < -0.4 is 5.32 Å². The molecule has 1 atom stereocenters. The Morgan fingerprint density at radius 1 is 1.00 bits per heavy atom. The van der Waals surface area contributed by atoms with Gasteiger partial charge in [0.2, 0.25) is 0 Å². The van der Waals surface area contributed by atoms with Crippen LogP contribution in [0, 0.1) is 5.82 Å². The molecule has 0 radical (unpaired) electrons. The Kier molecular flexibility index (Phi) is 4.15. The largest absolute Gasteiger partial charge is 0.378 e. The average molecular weight is 258 g/mol. The van der Waals surface area contributed by atoms with E-state index < -0.39 is 0 Å². The lowest BCUT2D eigenvalue weighted by Gasteiger charge is -2.16. The maximum atomic E-state index is 13.1. The van der Waals surface area contributed by atoms with Crippen molar-refractivity contribution in [1.82, 2.24) is 4.98 Å². The summed E-state index contributed by atoms with van der Waals surface area (Å²) < 4.78 is 13.1. The molecule has 2 rings (SSSR count). The van der Waals surface area contributed by atoms with Crippen LogP contribution in [0.2, 0.25) is 0 Å². The Morgan fingerprint density at radius 2 is 1.68 bits per heavy atom.